The Morgan fingerprint density at radius 2 is 2.00 bits per heavy atom. The van der Waals surface area contributed by atoms with Crippen LogP contribution >= 0.6 is 0 Å². The van der Waals surface area contributed by atoms with Gasteiger partial charge in [-0.15, -0.1) is 0 Å². The monoisotopic (exact) mass is 380 g/mol. The lowest BCUT2D eigenvalue weighted by molar-refractivity contribution is -0.141. The van der Waals surface area contributed by atoms with Crippen LogP contribution < -0.4 is 4.74 Å². The molecule has 0 aliphatic carbocycles. The fraction of sp³-hybridized carbons (Fsp3) is 0.278. The van der Waals surface area contributed by atoms with Gasteiger partial charge in [-0.3, -0.25) is 9.59 Å². The first-order valence-electron chi connectivity index (χ1n) is 8.03. The first-order valence-corrected chi connectivity index (χ1v) is 8.03. The topological polar surface area (TPSA) is 79.7 Å². The maximum atomic E-state index is 13.0. The molecule has 1 saturated heterocycles. The van der Waals surface area contributed by atoms with Gasteiger partial charge in [0.15, 0.2) is 0 Å². The van der Waals surface area contributed by atoms with E-state index < -0.39 is 23.6 Å². The van der Waals surface area contributed by atoms with E-state index in [1.807, 2.05) is 0 Å². The predicted octanol–water partition coefficient (Wildman–Crippen LogP) is 3.33. The van der Waals surface area contributed by atoms with Crippen LogP contribution in [0.2, 0.25) is 0 Å². The van der Waals surface area contributed by atoms with Crippen molar-refractivity contribution in [2.24, 2.45) is 5.92 Å². The molecule has 1 amide bonds. The number of para-hydroxylation sites is 1. The normalized spacial score (nSPS) is 17.2. The maximum absolute atomic E-state index is 13.0. The summed E-state index contributed by atoms with van der Waals surface area (Å²) < 4.78 is 44.2. The van der Waals surface area contributed by atoms with Crippen LogP contribution in [0.15, 0.2) is 42.6 Å². The third kappa shape index (κ3) is 4.36. The molecule has 9 heteroatoms. The Morgan fingerprint density at radius 1 is 1.26 bits per heavy atom. The van der Waals surface area contributed by atoms with Gasteiger partial charge < -0.3 is 14.7 Å². The molecule has 2 heterocycles. The lowest BCUT2D eigenvalue weighted by Gasteiger charge is -2.16. The number of halogens is 3. The summed E-state index contributed by atoms with van der Waals surface area (Å²) in [6.45, 7) is 0.292. The number of hydrogen-bond donors (Lipinski definition) is 1. The molecule has 0 saturated carbocycles. The van der Waals surface area contributed by atoms with Crippen LogP contribution in [0.25, 0.3) is 0 Å². The number of rotatable bonds is 5. The highest BCUT2D eigenvalue weighted by molar-refractivity contribution is 5.86. The quantitative estimate of drug-likeness (QED) is 0.861. The number of alkyl halides is 3. The molecule has 0 radical (unpaired) electrons. The second-order valence-electron chi connectivity index (χ2n) is 6.11. The summed E-state index contributed by atoms with van der Waals surface area (Å²) in [5.41, 5.74) is -0.288. The van der Waals surface area contributed by atoms with E-state index >= 15 is 0 Å². The van der Waals surface area contributed by atoms with E-state index in [9.17, 15) is 22.8 Å². The highest BCUT2D eigenvalue weighted by Gasteiger charge is 2.35. The molecule has 1 N–H and O–H groups in total. The molecule has 1 aromatic heterocycles. The highest BCUT2D eigenvalue weighted by Crippen LogP contribution is 2.37. The summed E-state index contributed by atoms with van der Waals surface area (Å²) in [4.78, 5) is 28.2. The van der Waals surface area contributed by atoms with E-state index in [1.165, 1.54) is 35.4 Å². The molecule has 1 atom stereocenters. The first kappa shape index (κ1) is 18.7. The van der Waals surface area contributed by atoms with Crippen LogP contribution in [0, 0.1) is 5.92 Å². The van der Waals surface area contributed by atoms with Crippen LogP contribution in [-0.2, 0) is 22.3 Å². The Hall–Kier alpha value is -3.10. The number of benzene rings is 1. The zero-order valence-electron chi connectivity index (χ0n) is 13.9. The molecule has 0 bridgehead atoms. The van der Waals surface area contributed by atoms with Gasteiger partial charge in [0, 0.05) is 31.8 Å². The van der Waals surface area contributed by atoms with Crippen LogP contribution in [0.4, 0.5) is 13.2 Å². The molecule has 1 aromatic carbocycles. The van der Waals surface area contributed by atoms with Crippen molar-refractivity contribution in [3.8, 4) is 11.6 Å². The highest BCUT2D eigenvalue weighted by atomic mass is 19.4. The Morgan fingerprint density at radius 3 is 2.59 bits per heavy atom. The fourth-order valence-corrected chi connectivity index (χ4v) is 2.78. The molecule has 1 fully saturated rings. The van der Waals surface area contributed by atoms with E-state index in [2.05, 4.69) is 4.98 Å². The maximum Gasteiger partial charge on any atom is 0.419 e. The van der Waals surface area contributed by atoms with Crippen molar-refractivity contribution >= 4 is 11.9 Å². The number of carboxylic acid groups (broad SMARTS) is 1. The second kappa shape index (κ2) is 7.26. The summed E-state index contributed by atoms with van der Waals surface area (Å²) in [5.74, 6) is -2.39. The molecule has 27 heavy (non-hydrogen) atoms. The summed E-state index contributed by atoms with van der Waals surface area (Å²) in [6, 6.07) is 7.78. The van der Waals surface area contributed by atoms with Crippen LogP contribution in [0.1, 0.15) is 17.5 Å². The smallest absolute Gasteiger partial charge is 0.419 e. The number of aromatic nitrogens is 1. The van der Waals surface area contributed by atoms with Gasteiger partial charge in [-0.2, -0.15) is 13.2 Å². The Labute approximate surface area is 152 Å². The lowest BCUT2D eigenvalue weighted by Crippen LogP contribution is -2.25. The number of carbonyl (C=O) groups is 2. The molecular weight excluding hydrogens is 365 g/mol. The minimum absolute atomic E-state index is 0.0217. The number of amides is 1. The Bertz CT molecular complexity index is 852. The fourth-order valence-electron chi connectivity index (χ4n) is 2.78. The number of hydrogen-bond acceptors (Lipinski definition) is 4. The van der Waals surface area contributed by atoms with Crippen molar-refractivity contribution in [1.82, 2.24) is 9.88 Å². The molecule has 1 aliphatic rings. The van der Waals surface area contributed by atoms with E-state index in [0.29, 0.717) is 5.56 Å². The van der Waals surface area contributed by atoms with Crippen LogP contribution in [0.3, 0.4) is 0 Å². The lowest BCUT2D eigenvalue weighted by atomic mass is 10.1. The molecule has 1 aliphatic heterocycles. The van der Waals surface area contributed by atoms with Gasteiger partial charge in [0.05, 0.1) is 11.5 Å². The number of likely N-dealkylation sites (tertiary alicyclic amines) is 1. The summed E-state index contributed by atoms with van der Waals surface area (Å²) >= 11 is 0. The SMILES string of the molecule is O=C(O)C1CC(=O)N(Cc2ccc(Oc3ccccc3C(F)(F)F)nc2)C1. The third-order valence-corrected chi connectivity index (χ3v) is 4.14. The van der Waals surface area contributed by atoms with E-state index in [1.54, 1.807) is 6.07 Å². The number of ether oxygens (including phenoxy) is 1. The van der Waals surface area contributed by atoms with Gasteiger partial charge in [-0.05, 0) is 17.7 Å². The van der Waals surface area contributed by atoms with E-state index in [-0.39, 0.29) is 37.0 Å². The van der Waals surface area contributed by atoms with Gasteiger partial charge in [-0.25, -0.2) is 4.98 Å². The molecule has 3 rings (SSSR count). The van der Waals surface area contributed by atoms with Gasteiger partial charge >= 0.3 is 12.1 Å². The summed E-state index contributed by atoms with van der Waals surface area (Å²) in [5, 5.41) is 8.98. The molecule has 2 aromatic rings. The first-order chi connectivity index (χ1) is 12.7. The van der Waals surface area contributed by atoms with E-state index in [0.717, 1.165) is 6.07 Å². The summed E-state index contributed by atoms with van der Waals surface area (Å²) in [6.07, 6.45) is -3.21. The second-order valence-corrected chi connectivity index (χ2v) is 6.11. The molecule has 1 unspecified atom stereocenters. The zero-order valence-corrected chi connectivity index (χ0v) is 13.9. The standard InChI is InChI=1S/C18H15F3N2O4/c19-18(20,21)13-3-1-2-4-14(13)27-15-6-5-11(8-22-15)9-23-10-12(17(25)26)7-16(23)24/h1-6,8,12H,7,9-10H2,(H,25,26). The summed E-state index contributed by atoms with van der Waals surface area (Å²) in [7, 11) is 0. The van der Waals surface area contributed by atoms with Crippen molar-refractivity contribution in [2.75, 3.05) is 6.54 Å². The van der Waals surface area contributed by atoms with Gasteiger partial charge in [-0.1, -0.05) is 18.2 Å². The van der Waals surface area contributed by atoms with Crippen molar-refractivity contribution in [3.63, 3.8) is 0 Å². The van der Waals surface area contributed by atoms with E-state index in [4.69, 9.17) is 9.84 Å². The Kier molecular flexibility index (Phi) is 5.02. The predicted molar refractivity (Wildman–Crippen MR) is 86.9 cm³/mol. The minimum Gasteiger partial charge on any atom is -0.481 e. The minimum atomic E-state index is -4.55. The van der Waals surface area contributed by atoms with Crippen LogP contribution in [-0.4, -0.2) is 33.4 Å². The van der Waals surface area contributed by atoms with Crippen molar-refractivity contribution in [3.05, 3.63) is 53.7 Å². The number of carbonyl (C=O) groups excluding carboxylic acids is 1. The average Bonchev–Trinajstić information content (AvgIpc) is 2.97. The molecule has 142 valence electrons. The molecule has 6 nitrogen and oxygen atoms in total. The van der Waals surface area contributed by atoms with Gasteiger partial charge in [0.2, 0.25) is 11.8 Å². The number of aliphatic carboxylic acids is 1. The van der Waals surface area contributed by atoms with Gasteiger partial charge in [0.25, 0.3) is 0 Å². The van der Waals surface area contributed by atoms with Crippen molar-refractivity contribution in [2.45, 2.75) is 19.1 Å². The van der Waals surface area contributed by atoms with Gasteiger partial charge in [0.1, 0.15) is 5.75 Å². The number of nitrogens with zero attached hydrogens (tertiary/aromatic N) is 2. The molecule has 0 spiro atoms. The zero-order chi connectivity index (χ0) is 19.6. The largest absolute Gasteiger partial charge is 0.481 e. The third-order valence-electron chi connectivity index (χ3n) is 4.14. The average molecular weight is 380 g/mol. The number of carboxylic acids is 1. The number of pyridine rings is 1. The van der Waals surface area contributed by atoms with Crippen molar-refractivity contribution in [1.29, 1.82) is 0 Å². The van der Waals surface area contributed by atoms with Crippen LogP contribution in [0.5, 0.6) is 11.6 Å². The molecular formula is C18H15F3N2O4. The Balaban J connectivity index is 1.68. The van der Waals surface area contributed by atoms with Crippen molar-refractivity contribution < 1.29 is 32.6 Å².